The van der Waals surface area contributed by atoms with Gasteiger partial charge in [0.2, 0.25) is 0 Å². The second-order valence-electron chi connectivity index (χ2n) is 23.6. The van der Waals surface area contributed by atoms with Gasteiger partial charge in [-0.3, -0.25) is 9.97 Å². The maximum absolute atomic E-state index is 4.18. The molecule has 0 bridgehead atoms. The fourth-order valence-corrected chi connectivity index (χ4v) is 4.67. The summed E-state index contributed by atoms with van der Waals surface area (Å²) in [6.07, 6.45) is 3.66. The summed E-state index contributed by atoms with van der Waals surface area (Å²) in [6.45, 7) is 65.0. The van der Waals surface area contributed by atoms with Gasteiger partial charge in [-0.2, -0.15) is 0 Å². The van der Waals surface area contributed by atoms with Gasteiger partial charge in [-0.25, -0.2) is 0 Å². The van der Waals surface area contributed by atoms with Gasteiger partial charge in [-0.05, 0) is 94.6 Å². The van der Waals surface area contributed by atoms with Gasteiger partial charge in [-0.15, -0.1) is 21.5 Å². The Labute approximate surface area is 450 Å². The molecule has 3 aromatic heterocycles. The molecule has 0 saturated carbocycles. The molecular weight excluding hydrogens is 881 g/mol. The normalized spacial score (nSPS) is 9.94. The van der Waals surface area contributed by atoms with Crippen molar-refractivity contribution < 1.29 is 0 Å². The third-order valence-corrected chi connectivity index (χ3v) is 8.46. The summed E-state index contributed by atoms with van der Waals surface area (Å²) in [6, 6.07) is 33.0. The summed E-state index contributed by atoms with van der Waals surface area (Å²) >= 11 is 1.73. The standard InChI is InChI=1S/2C9H12.C8H14N2S.2C8H11N.6C4H10/c2*1-8(2)9-6-4-3-5-7-9;1-5(2)7-9-10-8(11-7)6(3)4;2*1-7(2)8-5-3-4-6-9-8;6*1-4(2)3/h2*3-8H,1-2H3;5-6H,1-4H3;2*3-7H,1-2H3;6*4H,1-3H3. The van der Waals surface area contributed by atoms with Crippen molar-refractivity contribution in [2.24, 2.45) is 35.5 Å². The zero-order valence-electron chi connectivity index (χ0n) is 52.5. The van der Waals surface area contributed by atoms with Crippen LogP contribution in [0.4, 0.5) is 0 Å². The van der Waals surface area contributed by atoms with Crippen LogP contribution in [0.1, 0.15) is 276 Å². The van der Waals surface area contributed by atoms with Crippen molar-refractivity contribution in [2.45, 2.75) is 243 Å². The fourth-order valence-electron chi connectivity index (χ4n) is 3.82. The first-order valence-electron chi connectivity index (χ1n) is 27.5. The van der Waals surface area contributed by atoms with E-state index in [9.17, 15) is 0 Å². The van der Waals surface area contributed by atoms with Crippen molar-refractivity contribution in [3.05, 3.63) is 142 Å². The Kier molecular flexibility index (Phi) is 58.3. The van der Waals surface area contributed by atoms with E-state index in [-0.39, 0.29) is 0 Å². The number of hydrogen-bond acceptors (Lipinski definition) is 5. The van der Waals surface area contributed by atoms with Gasteiger partial charge in [0.15, 0.2) is 0 Å². The Bertz CT molecular complexity index is 1450. The quantitative estimate of drug-likeness (QED) is 0.170. The van der Waals surface area contributed by atoms with Crippen molar-refractivity contribution in [3.63, 3.8) is 0 Å². The third-order valence-electron chi connectivity index (χ3n) is 6.94. The minimum atomic E-state index is 0.514. The molecule has 4 nitrogen and oxygen atoms in total. The summed E-state index contributed by atoms with van der Waals surface area (Å²) in [5, 5.41) is 10.5. The van der Waals surface area contributed by atoms with E-state index in [2.05, 4.69) is 276 Å². The lowest BCUT2D eigenvalue weighted by Crippen LogP contribution is -1.88. The van der Waals surface area contributed by atoms with E-state index >= 15 is 0 Å². The molecule has 0 aliphatic rings. The maximum atomic E-state index is 4.18. The molecule has 0 saturated heterocycles. The Morgan fingerprint density at radius 1 is 0.254 bits per heavy atom. The van der Waals surface area contributed by atoms with Crippen LogP contribution < -0.4 is 0 Å². The summed E-state index contributed by atoms with van der Waals surface area (Å²) in [5.41, 5.74) is 5.16. The molecule has 0 N–H and O–H groups in total. The van der Waals surface area contributed by atoms with Gasteiger partial charge in [0, 0.05) is 35.6 Å². The van der Waals surface area contributed by atoms with Crippen LogP contribution in [0.25, 0.3) is 0 Å². The largest absolute Gasteiger partial charge is 0.261 e. The van der Waals surface area contributed by atoms with Crippen LogP contribution in [0, 0.1) is 35.5 Å². The summed E-state index contributed by atoms with van der Waals surface area (Å²) in [5.74, 6) is 8.44. The number of pyridine rings is 2. The molecule has 0 aliphatic heterocycles. The second-order valence-corrected chi connectivity index (χ2v) is 24.7. The van der Waals surface area contributed by atoms with Crippen molar-refractivity contribution in [1.82, 2.24) is 20.2 Å². The highest BCUT2D eigenvalue weighted by atomic mass is 32.1. The highest BCUT2D eigenvalue weighted by molar-refractivity contribution is 7.11. The molecule has 71 heavy (non-hydrogen) atoms. The van der Waals surface area contributed by atoms with Crippen LogP contribution in [-0.2, 0) is 0 Å². The van der Waals surface area contributed by atoms with Crippen molar-refractivity contribution in [1.29, 1.82) is 0 Å². The first kappa shape index (κ1) is 78.7. The number of nitrogens with zero attached hydrogens (tertiary/aromatic N) is 4. The third kappa shape index (κ3) is 72.9. The molecule has 3 heterocycles. The van der Waals surface area contributed by atoms with Gasteiger partial charge in [0.05, 0.1) is 0 Å². The second kappa shape index (κ2) is 52.6. The number of rotatable bonds is 6. The minimum Gasteiger partial charge on any atom is -0.261 e. The van der Waals surface area contributed by atoms with Crippen LogP contribution in [0.5, 0.6) is 0 Å². The van der Waals surface area contributed by atoms with E-state index in [1.165, 1.54) is 11.1 Å². The molecule has 0 aliphatic carbocycles. The van der Waals surface area contributed by atoms with Crippen LogP contribution in [0.2, 0.25) is 0 Å². The lowest BCUT2D eigenvalue weighted by atomic mass is 10.0. The number of benzene rings is 2. The molecular formula is C66H120N4S. The van der Waals surface area contributed by atoms with E-state index in [0.29, 0.717) is 35.5 Å². The molecule has 0 radical (unpaired) electrons. The van der Waals surface area contributed by atoms with Gasteiger partial charge >= 0.3 is 0 Å². The Balaban J connectivity index is -0.000000168. The van der Waals surface area contributed by atoms with Crippen LogP contribution in [0.15, 0.2) is 109 Å². The van der Waals surface area contributed by atoms with Gasteiger partial charge < -0.3 is 0 Å². The van der Waals surface area contributed by atoms with Gasteiger partial charge in [0.25, 0.3) is 0 Å². The number of hydrogen-bond donors (Lipinski definition) is 0. The summed E-state index contributed by atoms with van der Waals surface area (Å²) in [4.78, 5) is 8.36. The Morgan fingerprint density at radius 2 is 0.465 bits per heavy atom. The molecule has 0 fully saturated rings. The van der Waals surface area contributed by atoms with Crippen molar-refractivity contribution in [3.8, 4) is 0 Å². The van der Waals surface area contributed by atoms with Gasteiger partial charge in [0.1, 0.15) is 10.0 Å². The van der Waals surface area contributed by atoms with Crippen LogP contribution in [-0.4, -0.2) is 20.2 Å². The minimum absolute atomic E-state index is 0.514. The van der Waals surface area contributed by atoms with E-state index in [4.69, 9.17) is 0 Å². The molecule has 410 valence electrons. The molecule has 0 atom stereocenters. The molecule has 5 rings (SSSR count). The predicted octanol–water partition coefficient (Wildman–Crippen LogP) is 22.8. The van der Waals surface area contributed by atoms with Crippen LogP contribution in [0.3, 0.4) is 0 Å². The SMILES string of the molecule is CC(C)C.CC(C)C.CC(C)C.CC(C)C.CC(C)C.CC(C)C.CC(C)c1ccccc1.CC(C)c1ccccc1.CC(C)c1ccccn1.CC(C)c1ccccn1.CC(C)c1nnc(C(C)C)s1. The topological polar surface area (TPSA) is 51.6 Å². The molecule has 5 heteroatoms. The molecule has 0 spiro atoms. The summed E-state index contributed by atoms with van der Waals surface area (Å²) in [7, 11) is 0. The number of aromatic nitrogens is 4. The van der Waals surface area contributed by atoms with E-state index in [1.54, 1.807) is 11.3 Å². The predicted molar refractivity (Wildman–Crippen MR) is 329 cm³/mol. The fraction of sp³-hybridized carbons (Fsp3) is 0.636. The molecule has 0 amide bonds. The van der Waals surface area contributed by atoms with Gasteiger partial charge in [-0.1, -0.05) is 281 Å². The average Bonchev–Trinajstić information content (AvgIpc) is 3.77. The smallest absolute Gasteiger partial charge is 0.120 e. The zero-order chi connectivity index (χ0) is 56.7. The van der Waals surface area contributed by atoms with E-state index in [0.717, 1.165) is 56.9 Å². The first-order valence-corrected chi connectivity index (χ1v) is 28.3. The molecule has 2 aromatic carbocycles. The monoisotopic (exact) mass is 1000 g/mol. The molecule has 5 aromatic rings. The Morgan fingerprint density at radius 3 is 0.577 bits per heavy atom. The van der Waals surface area contributed by atoms with Crippen molar-refractivity contribution in [2.75, 3.05) is 0 Å². The highest BCUT2D eigenvalue weighted by Crippen LogP contribution is 2.24. The molecule has 0 unspecified atom stereocenters. The van der Waals surface area contributed by atoms with E-state index in [1.807, 2.05) is 60.9 Å². The van der Waals surface area contributed by atoms with E-state index < -0.39 is 0 Å². The van der Waals surface area contributed by atoms with Crippen molar-refractivity contribution >= 4 is 11.3 Å². The lowest BCUT2D eigenvalue weighted by molar-refractivity contribution is 0.736. The first-order chi connectivity index (χ1) is 32.7. The lowest BCUT2D eigenvalue weighted by Gasteiger charge is -2.01. The van der Waals surface area contributed by atoms with Crippen LogP contribution >= 0.6 is 11.3 Å². The Hall–Kier alpha value is -3.70. The average molecular weight is 1000 g/mol. The zero-order valence-corrected chi connectivity index (χ0v) is 53.3. The summed E-state index contributed by atoms with van der Waals surface area (Å²) < 4.78 is 0. The highest BCUT2D eigenvalue weighted by Gasteiger charge is 2.09. The maximum Gasteiger partial charge on any atom is 0.120 e.